The van der Waals surface area contributed by atoms with Crippen LogP contribution in [0.25, 0.3) is 10.8 Å². The number of likely N-dealkylation sites (tertiary alicyclic amines) is 1. The van der Waals surface area contributed by atoms with Gasteiger partial charge in [-0.15, -0.1) is 0 Å². The van der Waals surface area contributed by atoms with Gasteiger partial charge in [0, 0.05) is 31.6 Å². The summed E-state index contributed by atoms with van der Waals surface area (Å²) in [6, 6.07) is 10.5. The van der Waals surface area contributed by atoms with E-state index in [1.54, 1.807) is 36.2 Å². The van der Waals surface area contributed by atoms with Crippen LogP contribution in [0.4, 0.5) is 0 Å². The first-order valence-corrected chi connectivity index (χ1v) is 9.60. The van der Waals surface area contributed by atoms with Crippen molar-refractivity contribution in [3.8, 4) is 0 Å². The van der Waals surface area contributed by atoms with E-state index in [1.165, 1.54) is 10.9 Å². The number of carbonyl (C=O) groups is 2. The maximum atomic E-state index is 12.6. The van der Waals surface area contributed by atoms with Gasteiger partial charge in [-0.05, 0) is 31.0 Å². The molecule has 29 heavy (non-hydrogen) atoms. The molecular weight excluding hydrogens is 372 g/mol. The molecule has 2 amide bonds. The first kappa shape index (κ1) is 18.9. The lowest BCUT2D eigenvalue weighted by molar-refractivity contribution is -0.121. The molecule has 3 heterocycles. The largest absolute Gasteiger partial charge is 0.459 e. The van der Waals surface area contributed by atoms with Crippen molar-refractivity contribution < 1.29 is 14.0 Å². The smallest absolute Gasteiger partial charge is 0.289 e. The summed E-state index contributed by atoms with van der Waals surface area (Å²) in [4.78, 5) is 38.9. The molecule has 1 aliphatic rings. The van der Waals surface area contributed by atoms with Gasteiger partial charge in [-0.1, -0.05) is 18.2 Å². The van der Waals surface area contributed by atoms with Gasteiger partial charge in [-0.2, -0.15) is 5.10 Å². The number of amides is 2. The van der Waals surface area contributed by atoms with Crippen molar-refractivity contribution >= 4 is 22.6 Å². The lowest BCUT2D eigenvalue weighted by Crippen LogP contribution is -2.47. The normalized spacial score (nSPS) is 14.9. The minimum atomic E-state index is -0.182. The molecule has 1 N–H and O–H groups in total. The third-order valence-corrected chi connectivity index (χ3v) is 5.24. The minimum Gasteiger partial charge on any atom is -0.459 e. The molecule has 8 heteroatoms. The van der Waals surface area contributed by atoms with Gasteiger partial charge < -0.3 is 14.6 Å². The number of piperidine rings is 1. The molecule has 0 radical (unpaired) electrons. The van der Waals surface area contributed by atoms with Crippen LogP contribution in [0.15, 0.2) is 51.9 Å². The Hall–Kier alpha value is -3.42. The van der Waals surface area contributed by atoms with Gasteiger partial charge in [-0.25, -0.2) is 4.68 Å². The quantitative estimate of drug-likeness (QED) is 0.723. The Kier molecular flexibility index (Phi) is 5.16. The van der Waals surface area contributed by atoms with Gasteiger partial charge in [0.15, 0.2) is 5.76 Å². The molecule has 0 aliphatic carbocycles. The van der Waals surface area contributed by atoms with Crippen LogP contribution in [0.2, 0.25) is 0 Å². The van der Waals surface area contributed by atoms with Crippen molar-refractivity contribution in [2.75, 3.05) is 13.1 Å². The maximum absolute atomic E-state index is 12.6. The fraction of sp³-hybridized carbons (Fsp3) is 0.333. The molecule has 150 valence electrons. The van der Waals surface area contributed by atoms with Gasteiger partial charge in [-0.3, -0.25) is 14.4 Å². The summed E-state index contributed by atoms with van der Waals surface area (Å²) in [5, 5.41) is 8.56. The first-order chi connectivity index (χ1) is 14.0. The minimum absolute atomic E-state index is 0.00180. The summed E-state index contributed by atoms with van der Waals surface area (Å²) < 4.78 is 6.43. The van der Waals surface area contributed by atoms with Gasteiger partial charge in [0.05, 0.1) is 23.8 Å². The summed E-state index contributed by atoms with van der Waals surface area (Å²) in [5.41, 5.74) is 0.393. The lowest BCUT2D eigenvalue weighted by Gasteiger charge is -2.31. The van der Waals surface area contributed by atoms with E-state index in [9.17, 15) is 14.4 Å². The summed E-state index contributed by atoms with van der Waals surface area (Å²) in [5.74, 6) is 0.0675. The van der Waals surface area contributed by atoms with Crippen molar-refractivity contribution in [1.29, 1.82) is 0 Å². The van der Waals surface area contributed by atoms with Crippen molar-refractivity contribution in [2.24, 2.45) is 7.05 Å². The highest BCUT2D eigenvalue weighted by molar-refractivity contribution is 5.91. The molecule has 1 aromatic carbocycles. The number of rotatable bonds is 4. The van der Waals surface area contributed by atoms with Crippen LogP contribution in [0.3, 0.4) is 0 Å². The fourth-order valence-corrected chi connectivity index (χ4v) is 3.72. The number of aryl methyl sites for hydroxylation is 1. The third-order valence-electron chi connectivity index (χ3n) is 5.24. The van der Waals surface area contributed by atoms with Gasteiger partial charge in [0.2, 0.25) is 5.91 Å². The van der Waals surface area contributed by atoms with E-state index in [0.717, 1.165) is 0 Å². The van der Waals surface area contributed by atoms with Crippen LogP contribution in [-0.4, -0.2) is 45.6 Å². The molecule has 0 atom stereocenters. The molecule has 1 saturated heterocycles. The number of hydrogen-bond acceptors (Lipinski definition) is 5. The van der Waals surface area contributed by atoms with Gasteiger partial charge in [0.1, 0.15) is 0 Å². The second kappa shape index (κ2) is 7.90. The third kappa shape index (κ3) is 3.91. The van der Waals surface area contributed by atoms with E-state index in [4.69, 9.17) is 4.42 Å². The van der Waals surface area contributed by atoms with Crippen LogP contribution in [0.5, 0.6) is 0 Å². The Morgan fingerprint density at radius 2 is 1.86 bits per heavy atom. The average molecular weight is 394 g/mol. The Labute approximate surface area is 167 Å². The number of nitrogens with one attached hydrogen (secondary N) is 1. The molecule has 0 spiro atoms. The van der Waals surface area contributed by atoms with E-state index >= 15 is 0 Å². The van der Waals surface area contributed by atoms with Crippen LogP contribution in [0.1, 0.15) is 29.1 Å². The van der Waals surface area contributed by atoms with Crippen LogP contribution < -0.4 is 10.9 Å². The van der Waals surface area contributed by atoms with Crippen LogP contribution in [-0.2, 0) is 18.3 Å². The lowest BCUT2D eigenvalue weighted by atomic mass is 10.0. The second-order valence-electron chi connectivity index (χ2n) is 7.21. The molecular formula is C21H22N4O4. The number of nitrogens with zero attached hydrogens (tertiary/aromatic N) is 3. The zero-order valence-corrected chi connectivity index (χ0v) is 16.1. The monoisotopic (exact) mass is 394 g/mol. The Morgan fingerprint density at radius 1 is 1.14 bits per heavy atom. The van der Waals surface area contributed by atoms with E-state index < -0.39 is 0 Å². The summed E-state index contributed by atoms with van der Waals surface area (Å²) in [6.07, 6.45) is 2.94. The molecule has 4 rings (SSSR count). The number of furan rings is 1. The van der Waals surface area contributed by atoms with Gasteiger partial charge >= 0.3 is 0 Å². The predicted octanol–water partition coefficient (Wildman–Crippen LogP) is 1.49. The molecule has 2 aromatic heterocycles. The molecule has 0 saturated carbocycles. The van der Waals surface area contributed by atoms with Crippen molar-refractivity contribution in [1.82, 2.24) is 20.0 Å². The highest BCUT2D eigenvalue weighted by Crippen LogP contribution is 2.16. The zero-order chi connectivity index (χ0) is 20.4. The van der Waals surface area contributed by atoms with Crippen molar-refractivity contribution in [2.45, 2.75) is 25.3 Å². The van der Waals surface area contributed by atoms with Crippen molar-refractivity contribution in [3.63, 3.8) is 0 Å². The Morgan fingerprint density at radius 3 is 2.55 bits per heavy atom. The van der Waals surface area contributed by atoms with E-state index in [2.05, 4.69) is 10.4 Å². The highest BCUT2D eigenvalue weighted by atomic mass is 16.3. The summed E-state index contributed by atoms with van der Waals surface area (Å²) in [6.45, 7) is 1.12. The fourth-order valence-electron chi connectivity index (χ4n) is 3.72. The standard InChI is InChI=1S/C21H22N4O4/c1-24-20(27)16-6-3-2-5-15(16)17(23-24)13-19(26)22-14-8-10-25(11-9-14)21(28)18-7-4-12-29-18/h2-7,12,14H,8-11,13H2,1H3,(H,22,26). The van der Waals surface area contributed by atoms with E-state index in [-0.39, 0.29) is 29.8 Å². The molecule has 1 aliphatic heterocycles. The topological polar surface area (TPSA) is 97.4 Å². The molecule has 3 aromatic rings. The number of aromatic nitrogens is 2. The maximum Gasteiger partial charge on any atom is 0.289 e. The molecule has 8 nitrogen and oxygen atoms in total. The number of fused-ring (bicyclic) bond motifs is 1. The summed E-state index contributed by atoms with van der Waals surface area (Å²) >= 11 is 0. The predicted molar refractivity (Wildman–Crippen MR) is 106 cm³/mol. The average Bonchev–Trinajstić information content (AvgIpc) is 3.27. The Balaban J connectivity index is 1.38. The van der Waals surface area contributed by atoms with Gasteiger partial charge in [0.25, 0.3) is 11.5 Å². The highest BCUT2D eigenvalue weighted by Gasteiger charge is 2.26. The SMILES string of the molecule is Cn1nc(CC(=O)NC2CCN(C(=O)c3ccco3)CC2)c2ccccc2c1=O. The zero-order valence-electron chi connectivity index (χ0n) is 16.1. The van der Waals surface area contributed by atoms with Crippen LogP contribution in [0, 0.1) is 0 Å². The van der Waals surface area contributed by atoms with E-state index in [0.29, 0.717) is 48.2 Å². The number of benzene rings is 1. The Bertz CT molecular complexity index is 1100. The summed E-state index contributed by atoms with van der Waals surface area (Å²) in [7, 11) is 1.59. The molecule has 0 unspecified atom stereocenters. The van der Waals surface area contributed by atoms with Crippen LogP contribution >= 0.6 is 0 Å². The number of carbonyl (C=O) groups excluding carboxylic acids is 2. The number of hydrogen-bond donors (Lipinski definition) is 1. The molecule has 1 fully saturated rings. The van der Waals surface area contributed by atoms with E-state index in [1.807, 2.05) is 12.1 Å². The first-order valence-electron chi connectivity index (χ1n) is 9.60. The molecule has 0 bridgehead atoms. The van der Waals surface area contributed by atoms with Crippen molar-refractivity contribution in [3.05, 3.63) is 64.5 Å². The second-order valence-corrected chi connectivity index (χ2v) is 7.21.